The molecule has 7 N–H and O–H groups in total. The number of nitrogens with zero attached hydrogens (tertiary/aromatic N) is 4. The van der Waals surface area contributed by atoms with Crippen LogP contribution in [0.5, 0.6) is 0 Å². The van der Waals surface area contributed by atoms with Crippen molar-refractivity contribution in [3.8, 4) is 0 Å². The molecular formula is C20H30ClN6O10P. The summed E-state index contributed by atoms with van der Waals surface area (Å²) in [6.45, 7) is -1.39. The van der Waals surface area contributed by atoms with E-state index in [0.29, 0.717) is 11.2 Å². The van der Waals surface area contributed by atoms with E-state index in [1.165, 1.54) is 16.4 Å². The maximum absolute atomic E-state index is 12.3. The molecule has 1 aliphatic carbocycles. The summed E-state index contributed by atoms with van der Waals surface area (Å²) in [4.78, 5) is 40.1. The minimum atomic E-state index is -5.18. The molecule has 1 amide bonds. The number of carbonyl (C=O) groups excluding carboxylic acids is 1. The molecule has 1 aliphatic heterocycles. The standard InChI is InChI=1S/C20H30ClN6O10P/c1-35-9-20(38(32,33)34,6-13(28)26-31)36-8-12-14(29)15(30)18(37-12)27-17-11(7-22-27)16(24-19(21)25-17)23-10-4-2-3-5-10/h7,10,12,14-15,18,29-31H,2-6,8-9H2,1H3,(H,26,28)(H,23,24,25)(H2,32,33,34)/t12-,14-,15-,18?,20+/m1/s1. The highest BCUT2D eigenvalue weighted by Gasteiger charge is 2.52. The third-order valence-electron chi connectivity index (χ3n) is 6.68. The first kappa shape index (κ1) is 29.0. The molecule has 4 rings (SSSR count). The van der Waals surface area contributed by atoms with Gasteiger partial charge in [-0.05, 0) is 24.4 Å². The summed E-state index contributed by atoms with van der Waals surface area (Å²) in [5.41, 5.74) is 1.52. The minimum Gasteiger partial charge on any atom is -0.387 e. The molecule has 2 aromatic heterocycles. The van der Waals surface area contributed by atoms with Crippen molar-refractivity contribution in [2.45, 2.75) is 68.0 Å². The van der Waals surface area contributed by atoms with Crippen LogP contribution in [-0.4, -0.2) is 101 Å². The Kier molecular flexibility index (Phi) is 8.88. The van der Waals surface area contributed by atoms with Crippen LogP contribution in [0.2, 0.25) is 5.28 Å². The summed E-state index contributed by atoms with van der Waals surface area (Å²) in [7, 11) is -4.04. The Bertz CT molecular complexity index is 1190. The lowest BCUT2D eigenvalue weighted by Gasteiger charge is -2.33. The Hall–Kier alpha value is -1.98. The number of halogens is 1. The van der Waals surface area contributed by atoms with Crippen LogP contribution in [-0.2, 0) is 23.6 Å². The van der Waals surface area contributed by atoms with Crippen molar-refractivity contribution in [1.82, 2.24) is 25.2 Å². The summed E-state index contributed by atoms with van der Waals surface area (Å²) >= 11 is 6.15. The van der Waals surface area contributed by atoms with Crippen molar-refractivity contribution in [2.75, 3.05) is 25.6 Å². The highest BCUT2D eigenvalue weighted by atomic mass is 35.5. The molecule has 0 radical (unpaired) electrons. The largest absolute Gasteiger partial charge is 0.387 e. The molecule has 1 saturated carbocycles. The van der Waals surface area contributed by atoms with Crippen molar-refractivity contribution in [3.05, 3.63) is 11.5 Å². The van der Waals surface area contributed by atoms with Gasteiger partial charge >= 0.3 is 7.60 Å². The van der Waals surface area contributed by atoms with Gasteiger partial charge in [-0.25, -0.2) is 10.2 Å². The van der Waals surface area contributed by atoms with Gasteiger partial charge in [0.15, 0.2) is 11.9 Å². The van der Waals surface area contributed by atoms with Crippen LogP contribution in [0.1, 0.15) is 38.3 Å². The first-order valence-electron chi connectivity index (χ1n) is 11.8. The fraction of sp³-hybridized carbons (Fsp3) is 0.700. The number of aliphatic hydroxyl groups is 2. The number of fused-ring (bicyclic) bond motifs is 1. The van der Waals surface area contributed by atoms with Gasteiger partial charge in [0.1, 0.15) is 24.1 Å². The number of aliphatic hydroxyl groups excluding tert-OH is 2. The number of aromatic nitrogens is 4. The van der Waals surface area contributed by atoms with Gasteiger partial charge in [0, 0.05) is 13.2 Å². The van der Waals surface area contributed by atoms with Crippen LogP contribution in [0.25, 0.3) is 11.0 Å². The second-order valence-corrected chi connectivity index (χ2v) is 11.5. The van der Waals surface area contributed by atoms with Gasteiger partial charge in [0.2, 0.25) is 16.5 Å². The van der Waals surface area contributed by atoms with E-state index in [1.807, 2.05) is 0 Å². The summed E-state index contributed by atoms with van der Waals surface area (Å²) in [6, 6.07) is 0.221. The van der Waals surface area contributed by atoms with E-state index in [4.69, 9.17) is 31.0 Å². The number of hydrogen-bond acceptors (Lipinski definition) is 12. The predicted octanol–water partition coefficient (Wildman–Crippen LogP) is -0.114. The van der Waals surface area contributed by atoms with Gasteiger partial charge < -0.3 is 39.5 Å². The van der Waals surface area contributed by atoms with Gasteiger partial charge in [-0.2, -0.15) is 15.1 Å². The van der Waals surface area contributed by atoms with Crippen molar-refractivity contribution in [3.63, 3.8) is 0 Å². The summed E-state index contributed by atoms with van der Waals surface area (Å²) in [6.07, 6.45) is -1.02. The molecule has 5 atom stereocenters. The van der Waals surface area contributed by atoms with Gasteiger partial charge in [-0.15, -0.1) is 0 Å². The van der Waals surface area contributed by atoms with E-state index in [2.05, 4.69) is 20.4 Å². The zero-order chi connectivity index (χ0) is 27.7. The highest BCUT2D eigenvalue weighted by Crippen LogP contribution is 2.54. The van der Waals surface area contributed by atoms with E-state index in [1.54, 1.807) is 0 Å². The molecule has 2 aromatic rings. The number of rotatable bonds is 11. The Morgan fingerprint density at radius 3 is 2.63 bits per heavy atom. The van der Waals surface area contributed by atoms with E-state index in [-0.39, 0.29) is 17.0 Å². The van der Waals surface area contributed by atoms with Gasteiger partial charge in [0.05, 0.1) is 31.2 Å². The molecular weight excluding hydrogens is 551 g/mol. The van der Waals surface area contributed by atoms with Crippen molar-refractivity contribution < 1.29 is 48.8 Å². The molecule has 0 spiro atoms. The normalized spacial score (nSPS) is 26.1. The Morgan fingerprint density at radius 2 is 2.00 bits per heavy atom. The third kappa shape index (κ3) is 5.79. The van der Waals surface area contributed by atoms with Gasteiger partial charge in [0.25, 0.3) is 0 Å². The fourth-order valence-corrected chi connectivity index (χ4v) is 5.75. The lowest BCUT2D eigenvalue weighted by Crippen LogP contribution is -2.45. The molecule has 16 nitrogen and oxygen atoms in total. The van der Waals surface area contributed by atoms with Crippen LogP contribution in [0.3, 0.4) is 0 Å². The highest BCUT2D eigenvalue weighted by molar-refractivity contribution is 7.53. The zero-order valence-corrected chi connectivity index (χ0v) is 22.0. The lowest BCUT2D eigenvalue weighted by atomic mass is 10.1. The van der Waals surface area contributed by atoms with E-state index < -0.39 is 63.0 Å². The van der Waals surface area contributed by atoms with Crippen LogP contribution in [0, 0.1) is 0 Å². The molecule has 212 valence electrons. The van der Waals surface area contributed by atoms with Crippen LogP contribution in [0.15, 0.2) is 6.20 Å². The zero-order valence-electron chi connectivity index (χ0n) is 20.3. The number of carbonyl (C=O) groups is 1. The Balaban J connectivity index is 1.56. The monoisotopic (exact) mass is 580 g/mol. The molecule has 2 aliphatic rings. The first-order chi connectivity index (χ1) is 18.0. The summed E-state index contributed by atoms with van der Waals surface area (Å²) in [5, 5.41) is 35.8. The molecule has 1 unspecified atom stereocenters. The Labute approximate surface area is 221 Å². The molecule has 3 heterocycles. The van der Waals surface area contributed by atoms with Crippen LogP contribution >= 0.6 is 19.2 Å². The average Bonchev–Trinajstić information content (AvgIpc) is 3.58. The van der Waals surface area contributed by atoms with Crippen molar-refractivity contribution >= 4 is 42.0 Å². The third-order valence-corrected chi connectivity index (χ3v) is 8.33. The second kappa shape index (κ2) is 11.6. The molecule has 1 saturated heterocycles. The lowest BCUT2D eigenvalue weighted by molar-refractivity contribution is -0.143. The maximum Gasteiger partial charge on any atom is 0.360 e. The van der Waals surface area contributed by atoms with Gasteiger partial charge in [-0.3, -0.25) is 14.6 Å². The fourth-order valence-electron chi connectivity index (χ4n) is 4.70. The van der Waals surface area contributed by atoms with Crippen LogP contribution < -0.4 is 10.8 Å². The summed E-state index contributed by atoms with van der Waals surface area (Å²) in [5.74, 6) is -0.669. The molecule has 38 heavy (non-hydrogen) atoms. The summed E-state index contributed by atoms with van der Waals surface area (Å²) < 4.78 is 29.6. The SMILES string of the molecule is COC[C@@](CC(=O)NO)(OC[C@H]1OC(n2ncc3c(NC4CCCC4)nc(Cl)nc32)[C@H](O)[C@@H]1O)P(=O)(O)O. The second-order valence-electron chi connectivity index (χ2n) is 9.29. The van der Waals surface area contributed by atoms with E-state index in [0.717, 1.165) is 32.8 Å². The van der Waals surface area contributed by atoms with E-state index >= 15 is 0 Å². The van der Waals surface area contributed by atoms with Crippen molar-refractivity contribution in [1.29, 1.82) is 0 Å². The van der Waals surface area contributed by atoms with Crippen LogP contribution in [0.4, 0.5) is 5.82 Å². The smallest absolute Gasteiger partial charge is 0.360 e. The molecule has 0 aromatic carbocycles. The molecule has 2 fully saturated rings. The van der Waals surface area contributed by atoms with Gasteiger partial charge in [-0.1, -0.05) is 12.8 Å². The number of methoxy groups -OCH3 is 1. The number of hydroxylamine groups is 1. The first-order valence-corrected chi connectivity index (χ1v) is 13.8. The number of nitrogens with one attached hydrogen (secondary N) is 2. The number of amides is 1. The quantitative estimate of drug-likeness (QED) is 0.0795. The predicted molar refractivity (Wildman–Crippen MR) is 129 cm³/mol. The number of ether oxygens (including phenoxy) is 3. The molecule has 18 heteroatoms. The number of anilines is 1. The van der Waals surface area contributed by atoms with E-state index in [9.17, 15) is 29.4 Å². The topological polar surface area (TPSA) is 231 Å². The minimum absolute atomic E-state index is 0.0687. The number of hydrogen-bond donors (Lipinski definition) is 7. The maximum atomic E-state index is 12.3. The Morgan fingerprint density at radius 1 is 1.29 bits per heavy atom. The molecule has 0 bridgehead atoms. The van der Waals surface area contributed by atoms with Crippen molar-refractivity contribution in [2.24, 2.45) is 0 Å². The average molecular weight is 581 g/mol.